The maximum atomic E-state index is 12.4. The average molecular weight is 275 g/mol. The van der Waals surface area contributed by atoms with Crippen LogP contribution in [0.2, 0.25) is 0 Å². The minimum Gasteiger partial charge on any atom is -0.385 e. The van der Waals surface area contributed by atoms with Crippen LogP contribution in [0.3, 0.4) is 0 Å². The van der Waals surface area contributed by atoms with Gasteiger partial charge in [-0.2, -0.15) is 0 Å². The number of fused-ring (bicyclic) bond motifs is 1. The maximum absolute atomic E-state index is 12.4. The molecule has 0 saturated heterocycles. The van der Waals surface area contributed by atoms with Crippen molar-refractivity contribution in [2.45, 2.75) is 45.1 Å². The molecule has 0 spiro atoms. The fourth-order valence-corrected chi connectivity index (χ4v) is 2.76. The van der Waals surface area contributed by atoms with Crippen LogP contribution in [0.5, 0.6) is 0 Å². The van der Waals surface area contributed by atoms with Crippen molar-refractivity contribution in [3.8, 4) is 0 Å². The first-order chi connectivity index (χ1) is 9.72. The monoisotopic (exact) mass is 275 g/mol. The van der Waals surface area contributed by atoms with Crippen molar-refractivity contribution in [3.63, 3.8) is 0 Å². The number of carbonyl (C=O) groups excluding carboxylic acids is 1. The SMILES string of the molecule is COCCCNC(C)C(=O)c1ccc2c(c1)CCCC2. The summed E-state index contributed by atoms with van der Waals surface area (Å²) in [7, 11) is 1.70. The Labute approximate surface area is 121 Å². The minimum atomic E-state index is -0.131. The summed E-state index contributed by atoms with van der Waals surface area (Å²) in [5.41, 5.74) is 3.64. The summed E-state index contributed by atoms with van der Waals surface area (Å²) in [6.07, 6.45) is 5.73. The average Bonchev–Trinajstić information content (AvgIpc) is 2.50. The molecule has 3 heteroatoms. The lowest BCUT2D eigenvalue weighted by Gasteiger charge is -2.18. The van der Waals surface area contributed by atoms with Crippen LogP contribution in [0.1, 0.15) is 47.7 Å². The van der Waals surface area contributed by atoms with Crippen LogP contribution in [0, 0.1) is 0 Å². The highest BCUT2D eigenvalue weighted by Gasteiger charge is 2.17. The van der Waals surface area contributed by atoms with Crippen LogP contribution in [0.25, 0.3) is 0 Å². The van der Waals surface area contributed by atoms with Gasteiger partial charge in [-0.05, 0) is 62.8 Å². The van der Waals surface area contributed by atoms with Crippen molar-refractivity contribution >= 4 is 5.78 Å². The molecule has 0 aromatic heterocycles. The van der Waals surface area contributed by atoms with Gasteiger partial charge in [-0.25, -0.2) is 0 Å². The highest BCUT2D eigenvalue weighted by Crippen LogP contribution is 2.22. The van der Waals surface area contributed by atoms with E-state index in [1.54, 1.807) is 7.11 Å². The first-order valence-electron chi connectivity index (χ1n) is 7.60. The summed E-state index contributed by atoms with van der Waals surface area (Å²) in [6, 6.07) is 6.09. The molecule has 110 valence electrons. The number of ketones is 1. The zero-order chi connectivity index (χ0) is 14.4. The van der Waals surface area contributed by atoms with E-state index < -0.39 is 0 Å². The third kappa shape index (κ3) is 3.90. The van der Waals surface area contributed by atoms with Gasteiger partial charge >= 0.3 is 0 Å². The zero-order valence-corrected chi connectivity index (χ0v) is 12.6. The Morgan fingerprint density at radius 1 is 1.30 bits per heavy atom. The lowest BCUT2D eigenvalue weighted by Crippen LogP contribution is -2.35. The van der Waals surface area contributed by atoms with Gasteiger partial charge in [-0.15, -0.1) is 0 Å². The number of hydrogen-bond donors (Lipinski definition) is 1. The molecule has 0 amide bonds. The normalized spacial score (nSPS) is 15.7. The second-order valence-electron chi connectivity index (χ2n) is 5.58. The number of aryl methyl sites for hydroxylation is 2. The van der Waals surface area contributed by atoms with E-state index in [9.17, 15) is 4.79 Å². The third-order valence-corrected chi connectivity index (χ3v) is 4.00. The van der Waals surface area contributed by atoms with Gasteiger partial charge in [0.15, 0.2) is 5.78 Å². The van der Waals surface area contributed by atoms with Crippen molar-refractivity contribution in [3.05, 3.63) is 34.9 Å². The first-order valence-corrected chi connectivity index (χ1v) is 7.60. The second-order valence-corrected chi connectivity index (χ2v) is 5.58. The van der Waals surface area contributed by atoms with Gasteiger partial charge in [0.1, 0.15) is 0 Å². The van der Waals surface area contributed by atoms with Gasteiger partial charge in [0.05, 0.1) is 6.04 Å². The zero-order valence-electron chi connectivity index (χ0n) is 12.6. The predicted octanol–water partition coefficient (Wildman–Crippen LogP) is 2.76. The number of rotatable bonds is 7. The Kier molecular flexibility index (Phi) is 5.74. The molecule has 1 unspecified atom stereocenters. The molecule has 1 atom stereocenters. The van der Waals surface area contributed by atoms with Gasteiger partial charge in [0, 0.05) is 19.3 Å². The number of benzene rings is 1. The molecule has 1 N–H and O–H groups in total. The number of nitrogens with one attached hydrogen (secondary N) is 1. The van der Waals surface area contributed by atoms with Crippen molar-refractivity contribution < 1.29 is 9.53 Å². The molecule has 3 nitrogen and oxygen atoms in total. The predicted molar refractivity (Wildman–Crippen MR) is 81.4 cm³/mol. The quantitative estimate of drug-likeness (QED) is 0.614. The molecule has 0 aliphatic heterocycles. The Morgan fingerprint density at radius 2 is 2.05 bits per heavy atom. The Balaban J connectivity index is 1.94. The Hall–Kier alpha value is -1.19. The molecule has 1 aromatic rings. The molecule has 0 radical (unpaired) electrons. The summed E-state index contributed by atoms with van der Waals surface area (Å²) in [5.74, 6) is 0.191. The van der Waals surface area contributed by atoms with Crippen LogP contribution in [0.4, 0.5) is 0 Å². The lowest BCUT2D eigenvalue weighted by molar-refractivity contribution is 0.0949. The topological polar surface area (TPSA) is 38.3 Å². The van der Waals surface area contributed by atoms with E-state index in [1.165, 1.54) is 24.0 Å². The maximum Gasteiger partial charge on any atom is 0.179 e. The van der Waals surface area contributed by atoms with E-state index >= 15 is 0 Å². The summed E-state index contributed by atoms with van der Waals surface area (Å²) in [4.78, 5) is 12.4. The molecule has 0 bridgehead atoms. The van der Waals surface area contributed by atoms with Crippen LogP contribution >= 0.6 is 0 Å². The van der Waals surface area contributed by atoms with Crippen molar-refractivity contribution in [2.24, 2.45) is 0 Å². The third-order valence-electron chi connectivity index (χ3n) is 4.00. The van der Waals surface area contributed by atoms with Crippen molar-refractivity contribution in [1.29, 1.82) is 0 Å². The number of methoxy groups -OCH3 is 1. The van der Waals surface area contributed by atoms with Crippen LogP contribution in [0.15, 0.2) is 18.2 Å². The summed E-state index contributed by atoms with van der Waals surface area (Å²) in [5, 5.41) is 3.27. The van der Waals surface area contributed by atoms with E-state index in [1.807, 2.05) is 13.0 Å². The molecule has 0 fully saturated rings. The summed E-state index contributed by atoms with van der Waals surface area (Å²) >= 11 is 0. The standard InChI is InChI=1S/C17H25NO2/c1-13(18-10-5-11-20-2)17(19)16-9-8-14-6-3-4-7-15(14)12-16/h8-9,12-13,18H,3-7,10-11H2,1-2H3. The minimum absolute atomic E-state index is 0.131. The van der Waals surface area contributed by atoms with Gasteiger partial charge in [0.2, 0.25) is 0 Å². The Morgan fingerprint density at radius 3 is 2.80 bits per heavy atom. The highest BCUT2D eigenvalue weighted by atomic mass is 16.5. The van der Waals surface area contributed by atoms with Crippen LogP contribution in [-0.2, 0) is 17.6 Å². The number of ether oxygens (including phenoxy) is 1. The fourth-order valence-electron chi connectivity index (χ4n) is 2.76. The highest BCUT2D eigenvalue weighted by molar-refractivity contribution is 6.00. The second kappa shape index (κ2) is 7.55. The molecule has 1 aliphatic rings. The molecule has 0 heterocycles. The summed E-state index contributed by atoms with van der Waals surface area (Å²) in [6.45, 7) is 3.48. The molecular formula is C17H25NO2. The molecule has 1 aliphatic carbocycles. The first kappa shape index (κ1) is 15.2. The Bertz CT molecular complexity index is 456. The van der Waals surface area contributed by atoms with Crippen LogP contribution < -0.4 is 5.32 Å². The van der Waals surface area contributed by atoms with E-state index in [0.717, 1.165) is 38.0 Å². The van der Waals surface area contributed by atoms with Gasteiger partial charge in [0.25, 0.3) is 0 Å². The molecule has 0 saturated carbocycles. The van der Waals surface area contributed by atoms with E-state index in [2.05, 4.69) is 17.4 Å². The van der Waals surface area contributed by atoms with Gasteiger partial charge in [-0.1, -0.05) is 12.1 Å². The number of Topliss-reactive ketones (excluding diaryl/α,β-unsaturated/α-hetero) is 1. The van der Waals surface area contributed by atoms with Gasteiger partial charge < -0.3 is 10.1 Å². The molecular weight excluding hydrogens is 250 g/mol. The van der Waals surface area contributed by atoms with E-state index in [0.29, 0.717) is 0 Å². The van der Waals surface area contributed by atoms with Crippen molar-refractivity contribution in [1.82, 2.24) is 5.32 Å². The van der Waals surface area contributed by atoms with E-state index in [4.69, 9.17) is 4.74 Å². The number of carbonyl (C=O) groups is 1. The summed E-state index contributed by atoms with van der Waals surface area (Å²) < 4.78 is 5.01. The molecule has 20 heavy (non-hydrogen) atoms. The van der Waals surface area contributed by atoms with Gasteiger partial charge in [-0.3, -0.25) is 4.79 Å². The lowest BCUT2D eigenvalue weighted by atomic mass is 9.89. The fraction of sp³-hybridized carbons (Fsp3) is 0.588. The molecule has 2 rings (SSSR count). The van der Waals surface area contributed by atoms with E-state index in [-0.39, 0.29) is 11.8 Å². The number of hydrogen-bond acceptors (Lipinski definition) is 3. The van der Waals surface area contributed by atoms with Crippen molar-refractivity contribution in [2.75, 3.05) is 20.3 Å². The van der Waals surface area contributed by atoms with Crippen LogP contribution in [-0.4, -0.2) is 32.1 Å². The smallest absolute Gasteiger partial charge is 0.179 e. The molecule has 1 aromatic carbocycles. The largest absolute Gasteiger partial charge is 0.385 e.